The molecular formula is C10H14N2O. The number of hydrogen-bond acceptors (Lipinski definition) is 3. The van der Waals surface area contributed by atoms with E-state index in [9.17, 15) is 0 Å². The van der Waals surface area contributed by atoms with Gasteiger partial charge in [-0.1, -0.05) is 0 Å². The van der Waals surface area contributed by atoms with E-state index in [2.05, 4.69) is 23.0 Å². The van der Waals surface area contributed by atoms with Crippen molar-refractivity contribution in [3.05, 3.63) is 23.4 Å². The summed E-state index contributed by atoms with van der Waals surface area (Å²) in [6, 6.07) is 2.09. The molecule has 0 amide bonds. The second-order valence-corrected chi connectivity index (χ2v) is 3.45. The third-order valence-electron chi connectivity index (χ3n) is 2.50. The van der Waals surface area contributed by atoms with Gasteiger partial charge in [-0.05, 0) is 25.1 Å². The van der Waals surface area contributed by atoms with Crippen LogP contribution in [0.4, 0.5) is 0 Å². The first-order valence-electron chi connectivity index (χ1n) is 4.50. The first-order chi connectivity index (χ1) is 6.31. The van der Waals surface area contributed by atoms with E-state index >= 15 is 0 Å². The Morgan fingerprint density at radius 1 is 1.54 bits per heavy atom. The predicted octanol–water partition coefficient (Wildman–Crippen LogP) is 1.08. The summed E-state index contributed by atoms with van der Waals surface area (Å²) in [5.74, 6) is 0.782. The maximum absolute atomic E-state index is 5.22. The van der Waals surface area contributed by atoms with Gasteiger partial charge in [-0.2, -0.15) is 0 Å². The molecule has 0 bridgehead atoms. The fourth-order valence-corrected chi connectivity index (χ4v) is 1.75. The molecule has 13 heavy (non-hydrogen) atoms. The van der Waals surface area contributed by atoms with Crippen molar-refractivity contribution in [2.45, 2.75) is 13.0 Å². The van der Waals surface area contributed by atoms with Crippen LogP contribution in [-0.2, 0) is 13.0 Å². The zero-order valence-electron chi connectivity index (χ0n) is 8.08. The van der Waals surface area contributed by atoms with Gasteiger partial charge < -0.3 is 9.64 Å². The minimum atomic E-state index is 0.782. The fraction of sp³-hybridized carbons (Fsp3) is 0.500. The standard InChI is InChI=1S/C10H14N2O/c1-12-6-4-8-3-5-11-10(13-2)9(8)7-12/h3,5H,4,6-7H2,1-2H3. The molecule has 0 radical (unpaired) electrons. The summed E-state index contributed by atoms with van der Waals surface area (Å²) in [5, 5.41) is 0. The quantitative estimate of drug-likeness (QED) is 0.643. The highest BCUT2D eigenvalue weighted by molar-refractivity contribution is 5.35. The van der Waals surface area contributed by atoms with Gasteiger partial charge in [0.25, 0.3) is 0 Å². The van der Waals surface area contributed by atoms with Gasteiger partial charge in [0.15, 0.2) is 0 Å². The number of hydrogen-bond donors (Lipinski definition) is 0. The molecule has 2 rings (SSSR count). The van der Waals surface area contributed by atoms with Crippen molar-refractivity contribution < 1.29 is 4.74 Å². The molecule has 70 valence electrons. The third-order valence-corrected chi connectivity index (χ3v) is 2.50. The highest BCUT2D eigenvalue weighted by atomic mass is 16.5. The van der Waals surface area contributed by atoms with Gasteiger partial charge >= 0.3 is 0 Å². The van der Waals surface area contributed by atoms with Crippen LogP contribution in [0.1, 0.15) is 11.1 Å². The monoisotopic (exact) mass is 178 g/mol. The van der Waals surface area contributed by atoms with Gasteiger partial charge in [-0.25, -0.2) is 4.98 Å². The van der Waals surface area contributed by atoms with Crippen LogP contribution in [0.5, 0.6) is 5.88 Å². The van der Waals surface area contributed by atoms with Crippen molar-refractivity contribution in [2.75, 3.05) is 20.7 Å². The first kappa shape index (κ1) is 8.51. The van der Waals surface area contributed by atoms with Crippen LogP contribution in [0.25, 0.3) is 0 Å². The average molecular weight is 178 g/mol. The Morgan fingerprint density at radius 3 is 3.15 bits per heavy atom. The summed E-state index contributed by atoms with van der Waals surface area (Å²) >= 11 is 0. The zero-order valence-corrected chi connectivity index (χ0v) is 8.08. The Balaban J connectivity index is 2.41. The number of ether oxygens (including phenoxy) is 1. The van der Waals surface area contributed by atoms with Crippen LogP contribution < -0.4 is 4.74 Å². The van der Waals surface area contributed by atoms with Gasteiger partial charge in [-0.3, -0.25) is 0 Å². The largest absolute Gasteiger partial charge is 0.481 e. The van der Waals surface area contributed by atoms with E-state index < -0.39 is 0 Å². The van der Waals surface area contributed by atoms with Crippen molar-refractivity contribution >= 4 is 0 Å². The molecule has 0 saturated carbocycles. The molecule has 1 aromatic heterocycles. The molecule has 2 heterocycles. The summed E-state index contributed by atoms with van der Waals surface area (Å²) < 4.78 is 5.22. The number of nitrogens with zero attached hydrogens (tertiary/aromatic N) is 2. The SMILES string of the molecule is COc1nccc2c1CN(C)CC2. The molecule has 0 aliphatic carbocycles. The highest BCUT2D eigenvalue weighted by Crippen LogP contribution is 2.24. The van der Waals surface area contributed by atoms with Crippen molar-refractivity contribution in [3.8, 4) is 5.88 Å². The number of likely N-dealkylation sites (N-methyl/N-ethyl adjacent to an activating group) is 1. The lowest BCUT2D eigenvalue weighted by atomic mass is 10.0. The van der Waals surface area contributed by atoms with E-state index in [1.165, 1.54) is 11.1 Å². The number of methoxy groups -OCH3 is 1. The molecule has 1 aromatic rings. The van der Waals surface area contributed by atoms with Gasteiger partial charge in [0.05, 0.1) is 7.11 Å². The summed E-state index contributed by atoms with van der Waals surface area (Å²) in [6.07, 6.45) is 2.92. The summed E-state index contributed by atoms with van der Waals surface area (Å²) in [7, 11) is 3.80. The van der Waals surface area contributed by atoms with E-state index in [-0.39, 0.29) is 0 Å². The number of rotatable bonds is 1. The molecule has 1 aliphatic heterocycles. The number of fused-ring (bicyclic) bond motifs is 1. The van der Waals surface area contributed by atoms with Crippen molar-refractivity contribution in [1.29, 1.82) is 0 Å². The van der Waals surface area contributed by atoms with E-state index in [4.69, 9.17) is 4.74 Å². The zero-order chi connectivity index (χ0) is 9.26. The van der Waals surface area contributed by atoms with Crippen LogP contribution in [0, 0.1) is 0 Å². The van der Waals surface area contributed by atoms with Crippen LogP contribution in [0.15, 0.2) is 12.3 Å². The topological polar surface area (TPSA) is 25.4 Å². The normalized spacial score (nSPS) is 16.8. The number of aromatic nitrogens is 1. The van der Waals surface area contributed by atoms with Crippen LogP contribution in [-0.4, -0.2) is 30.6 Å². The predicted molar refractivity (Wildman–Crippen MR) is 50.8 cm³/mol. The van der Waals surface area contributed by atoms with E-state index in [1.807, 2.05) is 6.20 Å². The van der Waals surface area contributed by atoms with Crippen LogP contribution in [0.2, 0.25) is 0 Å². The Hall–Kier alpha value is -1.09. The second-order valence-electron chi connectivity index (χ2n) is 3.45. The molecule has 0 spiro atoms. The van der Waals surface area contributed by atoms with E-state index in [1.54, 1.807) is 7.11 Å². The summed E-state index contributed by atoms with van der Waals surface area (Å²) in [6.45, 7) is 2.08. The van der Waals surface area contributed by atoms with Gasteiger partial charge in [0.1, 0.15) is 0 Å². The average Bonchev–Trinajstić information content (AvgIpc) is 2.17. The van der Waals surface area contributed by atoms with Gasteiger partial charge in [-0.15, -0.1) is 0 Å². The molecule has 0 atom stereocenters. The van der Waals surface area contributed by atoms with Crippen LogP contribution >= 0.6 is 0 Å². The maximum Gasteiger partial charge on any atom is 0.217 e. The smallest absolute Gasteiger partial charge is 0.217 e. The van der Waals surface area contributed by atoms with Crippen molar-refractivity contribution in [2.24, 2.45) is 0 Å². The third kappa shape index (κ3) is 1.52. The molecule has 1 aliphatic rings. The van der Waals surface area contributed by atoms with E-state index in [0.717, 1.165) is 25.4 Å². The molecule has 3 nitrogen and oxygen atoms in total. The van der Waals surface area contributed by atoms with E-state index in [0.29, 0.717) is 0 Å². The molecule has 0 saturated heterocycles. The lowest BCUT2D eigenvalue weighted by Crippen LogP contribution is -2.27. The van der Waals surface area contributed by atoms with Crippen molar-refractivity contribution in [1.82, 2.24) is 9.88 Å². The Kier molecular flexibility index (Phi) is 2.19. The lowest BCUT2D eigenvalue weighted by Gasteiger charge is -2.25. The fourth-order valence-electron chi connectivity index (χ4n) is 1.75. The molecule has 0 unspecified atom stereocenters. The summed E-state index contributed by atoms with van der Waals surface area (Å²) in [5.41, 5.74) is 2.63. The minimum Gasteiger partial charge on any atom is -0.481 e. The summed E-state index contributed by atoms with van der Waals surface area (Å²) in [4.78, 5) is 6.48. The molecule has 0 fully saturated rings. The first-order valence-corrected chi connectivity index (χ1v) is 4.50. The Bertz CT molecular complexity index is 298. The molecular weight excluding hydrogens is 164 g/mol. The van der Waals surface area contributed by atoms with Crippen molar-refractivity contribution in [3.63, 3.8) is 0 Å². The molecule has 0 aromatic carbocycles. The van der Waals surface area contributed by atoms with Crippen LogP contribution in [0.3, 0.4) is 0 Å². The highest BCUT2D eigenvalue weighted by Gasteiger charge is 2.17. The lowest BCUT2D eigenvalue weighted by molar-refractivity contribution is 0.298. The Labute approximate surface area is 78.3 Å². The molecule has 3 heteroatoms. The Morgan fingerprint density at radius 2 is 2.38 bits per heavy atom. The minimum absolute atomic E-state index is 0.782. The second kappa shape index (κ2) is 3.34. The van der Waals surface area contributed by atoms with Gasteiger partial charge in [0.2, 0.25) is 5.88 Å². The number of pyridine rings is 1. The maximum atomic E-state index is 5.22. The van der Waals surface area contributed by atoms with Gasteiger partial charge in [0, 0.05) is 24.8 Å². The molecule has 0 N–H and O–H groups in total.